The highest BCUT2D eigenvalue weighted by Gasteiger charge is 2.17. The number of carbonyl (C=O) groups excluding carboxylic acids is 1. The number of carbonyl (C=O) groups is 1. The second-order valence-corrected chi connectivity index (χ2v) is 4.74. The van der Waals surface area contributed by atoms with Crippen molar-refractivity contribution in [3.8, 4) is 0 Å². The van der Waals surface area contributed by atoms with Crippen LogP contribution >= 0.6 is 0 Å². The largest absolute Gasteiger partial charge is 0.463 e. The van der Waals surface area contributed by atoms with Gasteiger partial charge in [-0.2, -0.15) is 0 Å². The Balaban J connectivity index is 2.57. The summed E-state index contributed by atoms with van der Waals surface area (Å²) >= 11 is 0. The van der Waals surface area contributed by atoms with Crippen molar-refractivity contribution in [3.05, 3.63) is 23.7 Å². The number of likely N-dealkylation sites (N-methyl/N-ethyl adjacent to an activating group) is 1. The number of aliphatic hydroxyl groups is 1. The van der Waals surface area contributed by atoms with Gasteiger partial charge in [0, 0.05) is 6.54 Å². The molecule has 1 N–H and O–H groups in total. The molecular formula is C12H19NO4. The maximum Gasteiger partial charge on any atom is 0.373 e. The molecule has 5 nitrogen and oxygen atoms in total. The fourth-order valence-corrected chi connectivity index (χ4v) is 1.66. The maximum absolute atomic E-state index is 11.2. The Kier molecular flexibility index (Phi) is 4.31. The minimum Gasteiger partial charge on any atom is -0.463 e. The van der Waals surface area contributed by atoms with Gasteiger partial charge in [-0.05, 0) is 33.0 Å². The van der Waals surface area contributed by atoms with Crippen LogP contribution in [0.1, 0.15) is 30.2 Å². The molecule has 0 amide bonds. The third-order valence-corrected chi connectivity index (χ3v) is 2.13. The predicted octanol–water partition coefficient (Wildman–Crippen LogP) is 1.27. The van der Waals surface area contributed by atoms with Crippen molar-refractivity contribution in [3.63, 3.8) is 0 Å². The molecule has 0 fully saturated rings. The molecule has 0 aromatic carbocycles. The summed E-state index contributed by atoms with van der Waals surface area (Å²) in [4.78, 5) is 13.1. The van der Waals surface area contributed by atoms with Gasteiger partial charge in [0.05, 0.1) is 19.3 Å². The van der Waals surface area contributed by atoms with E-state index >= 15 is 0 Å². The van der Waals surface area contributed by atoms with E-state index in [2.05, 4.69) is 4.74 Å². The molecule has 5 heteroatoms. The maximum atomic E-state index is 11.2. The van der Waals surface area contributed by atoms with Crippen LogP contribution in [0.4, 0.5) is 0 Å². The quantitative estimate of drug-likeness (QED) is 0.786. The number of ether oxygens (including phenoxy) is 1. The van der Waals surface area contributed by atoms with Crippen LogP contribution in [-0.2, 0) is 11.3 Å². The average Bonchev–Trinajstić information content (AvgIpc) is 2.62. The molecule has 1 rings (SSSR count). The monoisotopic (exact) mass is 241 g/mol. The molecular weight excluding hydrogens is 222 g/mol. The van der Waals surface area contributed by atoms with E-state index < -0.39 is 11.6 Å². The third-order valence-electron chi connectivity index (χ3n) is 2.13. The zero-order chi connectivity index (χ0) is 13.1. The molecule has 0 saturated heterocycles. The Morgan fingerprint density at radius 2 is 2.18 bits per heavy atom. The minimum atomic E-state index is -0.757. The van der Waals surface area contributed by atoms with Crippen LogP contribution < -0.4 is 0 Å². The third kappa shape index (κ3) is 4.58. The summed E-state index contributed by atoms with van der Waals surface area (Å²) < 4.78 is 9.87. The van der Waals surface area contributed by atoms with Gasteiger partial charge in [0.1, 0.15) is 5.76 Å². The van der Waals surface area contributed by atoms with Gasteiger partial charge in [-0.1, -0.05) is 0 Å². The summed E-state index contributed by atoms with van der Waals surface area (Å²) in [5, 5.41) is 9.65. The molecule has 1 aromatic heterocycles. The van der Waals surface area contributed by atoms with Gasteiger partial charge in [-0.25, -0.2) is 4.79 Å². The molecule has 96 valence electrons. The Hall–Kier alpha value is -1.33. The fourth-order valence-electron chi connectivity index (χ4n) is 1.66. The van der Waals surface area contributed by atoms with Gasteiger partial charge >= 0.3 is 5.97 Å². The van der Waals surface area contributed by atoms with Gasteiger partial charge in [0.25, 0.3) is 0 Å². The average molecular weight is 241 g/mol. The van der Waals surface area contributed by atoms with Crippen LogP contribution in [0, 0.1) is 0 Å². The Bertz CT molecular complexity index is 378. The fraction of sp³-hybridized carbons (Fsp3) is 0.583. The first-order valence-electron chi connectivity index (χ1n) is 5.40. The number of furan rings is 1. The molecule has 0 aliphatic rings. The van der Waals surface area contributed by atoms with Crippen molar-refractivity contribution in [2.75, 3.05) is 20.7 Å². The van der Waals surface area contributed by atoms with Gasteiger partial charge in [-0.3, -0.25) is 4.90 Å². The summed E-state index contributed by atoms with van der Waals surface area (Å²) in [6.07, 6.45) is 0. The summed E-state index contributed by atoms with van der Waals surface area (Å²) in [5.41, 5.74) is -0.757. The minimum absolute atomic E-state index is 0.194. The topological polar surface area (TPSA) is 62.9 Å². The van der Waals surface area contributed by atoms with E-state index in [1.807, 2.05) is 11.9 Å². The normalized spacial score (nSPS) is 11.9. The summed E-state index contributed by atoms with van der Waals surface area (Å²) in [5.74, 6) is 0.373. The number of rotatable bonds is 5. The number of hydrogen-bond acceptors (Lipinski definition) is 5. The lowest BCUT2D eigenvalue weighted by atomic mass is 10.1. The number of methoxy groups -OCH3 is 1. The SMILES string of the molecule is COC(=O)c1ccc(CN(C)CC(C)(C)O)o1. The van der Waals surface area contributed by atoms with Gasteiger partial charge in [0.2, 0.25) is 5.76 Å². The summed E-state index contributed by atoms with van der Waals surface area (Å²) in [7, 11) is 3.18. The molecule has 0 spiro atoms. The smallest absolute Gasteiger partial charge is 0.373 e. The van der Waals surface area contributed by atoms with Crippen molar-refractivity contribution in [1.82, 2.24) is 4.90 Å². The van der Waals surface area contributed by atoms with Crippen molar-refractivity contribution in [2.24, 2.45) is 0 Å². The first-order chi connectivity index (χ1) is 7.81. The number of esters is 1. The molecule has 0 radical (unpaired) electrons. The summed E-state index contributed by atoms with van der Waals surface area (Å²) in [6, 6.07) is 3.31. The van der Waals surface area contributed by atoms with Crippen LogP contribution in [0.25, 0.3) is 0 Å². The second-order valence-electron chi connectivity index (χ2n) is 4.74. The van der Waals surface area contributed by atoms with E-state index in [9.17, 15) is 9.90 Å². The molecule has 0 aliphatic carbocycles. The van der Waals surface area contributed by atoms with Crippen LogP contribution in [0.2, 0.25) is 0 Å². The van der Waals surface area contributed by atoms with Crippen LogP contribution in [0.5, 0.6) is 0 Å². The number of hydrogen-bond donors (Lipinski definition) is 1. The first-order valence-corrected chi connectivity index (χ1v) is 5.40. The van der Waals surface area contributed by atoms with E-state index in [-0.39, 0.29) is 5.76 Å². The van der Waals surface area contributed by atoms with E-state index in [4.69, 9.17) is 4.42 Å². The number of nitrogens with zero attached hydrogens (tertiary/aromatic N) is 1. The highest BCUT2D eigenvalue weighted by molar-refractivity contribution is 5.86. The van der Waals surface area contributed by atoms with E-state index in [0.29, 0.717) is 18.8 Å². The van der Waals surface area contributed by atoms with Crippen molar-refractivity contribution < 1.29 is 19.1 Å². The molecule has 0 aliphatic heterocycles. The molecule has 0 saturated carbocycles. The lowest BCUT2D eigenvalue weighted by Gasteiger charge is -2.24. The lowest BCUT2D eigenvalue weighted by molar-refractivity contribution is 0.0399. The molecule has 0 bridgehead atoms. The predicted molar refractivity (Wildman–Crippen MR) is 62.7 cm³/mol. The van der Waals surface area contributed by atoms with Crippen LogP contribution in [-0.4, -0.2) is 42.3 Å². The van der Waals surface area contributed by atoms with E-state index in [1.165, 1.54) is 7.11 Å². The standard InChI is InChI=1S/C12H19NO4/c1-12(2,15)8-13(3)7-9-5-6-10(17-9)11(14)16-4/h5-6,15H,7-8H2,1-4H3. The molecule has 17 heavy (non-hydrogen) atoms. The highest BCUT2D eigenvalue weighted by atomic mass is 16.5. The van der Waals surface area contributed by atoms with Gasteiger partial charge < -0.3 is 14.3 Å². The zero-order valence-corrected chi connectivity index (χ0v) is 10.7. The zero-order valence-electron chi connectivity index (χ0n) is 10.7. The van der Waals surface area contributed by atoms with Crippen molar-refractivity contribution >= 4 is 5.97 Å². The van der Waals surface area contributed by atoms with Crippen molar-refractivity contribution in [2.45, 2.75) is 26.0 Å². The van der Waals surface area contributed by atoms with Crippen LogP contribution in [0.15, 0.2) is 16.5 Å². The lowest BCUT2D eigenvalue weighted by Crippen LogP contribution is -2.35. The van der Waals surface area contributed by atoms with Gasteiger partial charge in [0.15, 0.2) is 0 Å². The Morgan fingerprint density at radius 1 is 1.53 bits per heavy atom. The van der Waals surface area contributed by atoms with E-state index in [0.717, 1.165) is 0 Å². The highest BCUT2D eigenvalue weighted by Crippen LogP contribution is 2.12. The first kappa shape index (κ1) is 13.7. The molecule has 1 aromatic rings. The second kappa shape index (κ2) is 5.33. The van der Waals surface area contributed by atoms with Crippen molar-refractivity contribution in [1.29, 1.82) is 0 Å². The van der Waals surface area contributed by atoms with Gasteiger partial charge in [-0.15, -0.1) is 0 Å². The van der Waals surface area contributed by atoms with Crippen LogP contribution in [0.3, 0.4) is 0 Å². The Labute approximate surface area is 101 Å². The molecule has 1 heterocycles. The molecule has 0 unspecified atom stereocenters. The Morgan fingerprint density at radius 3 is 2.71 bits per heavy atom. The molecule has 0 atom stereocenters. The van der Waals surface area contributed by atoms with E-state index in [1.54, 1.807) is 26.0 Å². The summed E-state index contributed by atoms with van der Waals surface area (Å²) in [6.45, 7) is 4.53.